The van der Waals surface area contributed by atoms with Gasteiger partial charge in [-0.15, -0.1) is 0 Å². The summed E-state index contributed by atoms with van der Waals surface area (Å²) in [6, 6.07) is 10.3. The largest absolute Gasteiger partial charge is 0.435 e. The van der Waals surface area contributed by atoms with Gasteiger partial charge in [-0.1, -0.05) is 12.1 Å². The number of carbonyl (C=O) groups excluding carboxylic acids is 1. The zero-order chi connectivity index (χ0) is 20.4. The van der Waals surface area contributed by atoms with E-state index in [1.807, 2.05) is 0 Å². The van der Waals surface area contributed by atoms with Crippen molar-refractivity contribution >= 4 is 11.6 Å². The second-order valence-corrected chi connectivity index (χ2v) is 7.03. The Morgan fingerprint density at radius 2 is 1.97 bits per heavy atom. The van der Waals surface area contributed by atoms with Crippen molar-refractivity contribution in [3.8, 4) is 0 Å². The minimum Gasteiger partial charge on any atom is -0.321 e. The molecule has 29 heavy (non-hydrogen) atoms. The van der Waals surface area contributed by atoms with Crippen LogP contribution in [0.2, 0.25) is 0 Å². The van der Waals surface area contributed by atoms with Gasteiger partial charge in [-0.25, -0.2) is 0 Å². The van der Waals surface area contributed by atoms with E-state index in [9.17, 15) is 18.0 Å². The average molecular weight is 400 g/mol. The van der Waals surface area contributed by atoms with E-state index < -0.39 is 11.9 Å². The van der Waals surface area contributed by atoms with Crippen molar-refractivity contribution in [2.24, 2.45) is 0 Å². The summed E-state index contributed by atoms with van der Waals surface area (Å²) in [4.78, 5) is 16.4. The fourth-order valence-corrected chi connectivity index (χ4v) is 3.65. The summed E-state index contributed by atoms with van der Waals surface area (Å²) < 4.78 is 41.6. The lowest BCUT2D eigenvalue weighted by molar-refractivity contribution is -0.142. The lowest BCUT2D eigenvalue weighted by atomic mass is 9.95. The van der Waals surface area contributed by atoms with Gasteiger partial charge in [0.15, 0.2) is 5.69 Å². The van der Waals surface area contributed by atoms with Crippen molar-refractivity contribution in [1.82, 2.24) is 14.8 Å². The molecule has 1 aromatic carbocycles. The zero-order valence-electron chi connectivity index (χ0n) is 15.5. The third kappa shape index (κ3) is 4.16. The number of hydrogen-bond acceptors (Lipinski definition) is 3. The van der Waals surface area contributed by atoms with Crippen LogP contribution in [0.15, 0.2) is 48.8 Å². The number of nitrogens with zero attached hydrogens (tertiary/aromatic N) is 3. The van der Waals surface area contributed by atoms with Crippen LogP contribution in [0, 0.1) is 0 Å². The lowest BCUT2D eigenvalue weighted by Crippen LogP contribution is -2.13. The average Bonchev–Trinajstić information content (AvgIpc) is 3.08. The molecule has 0 radical (unpaired) electrons. The maximum Gasteiger partial charge on any atom is 0.435 e. The number of halogens is 3. The molecule has 2 aromatic heterocycles. The number of alkyl halides is 3. The molecule has 0 spiro atoms. The summed E-state index contributed by atoms with van der Waals surface area (Å²) in [6.07, 6.45) is 1.26. The van der Waals surface area contributed by atoms with Gasteiger partial charge in [-0.05, 0) is 55.5 Å². The first-order valence-electron chi connectivity index (χ1n) is 9.38. The van der Waals surface area contributed by atoms with Crippen molar-refractivity contribution in [3.63, 3.8) is 0 Å². The van der Waals surface area contributed by atoms with Crippen molar-refractivity contribution in [3.05, 3.63) is 76.9 Å². The smallest absolute Gasteiger partial charge is 0.321 e. The van der Waals surface area contributed by atoms with Crippen LogP contribution in [0.3, 0.4) is 0 Å². The predicted molar refractivity (Wildman–Crippen MR) is 102 cm³/mol. The van der Waals surface area contributed by atoms with Gasteiger partial charge in [-0.3, -0.25) is 14.5 Å². The number of amides is 1. The fraction of sp³-hybridized carbons (Fsp3) is 0.286. The summed E-state index contributed by atoms with van der Waals surface area (Å²) in [7, 11) is 0. The van der Waals surface area contributed by atoms with E-state index in [1.165, 1.54) is 10.9 Å². The van der Waals surface area contributed by atoms with Crippen LogP contribution in [0.25, 0.3) is 0 Å². The topological polar surface area (TPSA) is 59.8 Å². The molecule has 0 saturated heterocycles. The molecule has 0 bridgehead atoms. The van der Waals surface area contributed by atoms with E-state index in [4.69, 9.17) is 0 Å². The first-order valence-corrected chi connectivity index (χ1v) is 9.38. The molecule has 4 rings (SSSR count). The Morgan fingerprint density at radius 3 is 2.72 bits per heavy atom. The molecule has 5 nitrogen and oxygen atoms in total. The summed E-state index contributed by atoms with van der Waals surface area (Å²) in [5.41, 5.74) is 1.89. The molecule has 0 fully saturated rings. The molecule has 150 valence electrons. The highest BCUT2D eigenvalue weighted by molar-refractivity contribution is 6.04. The van der Waals surface area contributed by atoms with Crippen LogP contribution in [-0.4, -0.2) is 20.7 Å². The Balaban J connectivity index is 1.59. The Labute approximate surface area is 165 Å². The molecule has 0 saturated carbocycles. The van der Waals surface area contributed by atoms with Crippen molar-refractivity contribution in [1.29, 1.82) is 0 Å². The van der Waals surface area contributed by atoms with Gasteiger partial charge in [0.05, 0.1) is 18.4 Å². The molecule has 1 N–H and O–H groups in total. The summed E-state index contributed by atoms with van der Waals surface area (Å²) in [6.45, 7) is 0.187. The maximum absolute atomic E-state index is 13.4. The second kappa shape index (κ2) is 7.69. The zero-order valence-corrected chi connectivity index (χ0v) is 15.5. The van der Waals surface area contributed by atoms with E-state index in [1.54, 1.807) is 42.6 Å². The lowest BCUT2D eigenvalue weighted by Gasteiger charge is -2.15. The first-order chi connectivity index (χ1) is 13.9. The SMILES string of the molecule is O=C(Nc1cccnc1)c1cccc(Cn2nc(C(F)(F)F)c3c2CCCC3)c1. The number of benzene rings is 1. The van der Waals surface area contributed by atoms with Crippen molar-refractivity contribution in [2.45, 2.75) is 38.4 Å². The van der Waals surface area contributed by atoms with Gasteiger partial charge in [0.2, 0.25) is 0 Å². The number of pyridine rings is 1. The van der Waals surface area contributed by atoms with E-state index in [0.717, 1.165) is 12.8 Å². The van der Waals surface area contributed by atoms with Crippen LogP contribution >= 0.6 is 0 Å². The Bertz CT molecular complexity index is 1030. The van der Waals surface area contributed by atoms with E-state index in [0.29, 0.717) is 40.9 Å². The minimum atomic E-state index is -4.46. The fourth-order valence-electron chi connectivity index (χ4n) is 3.65. The van der Waals surface area contributed by atoms with Crippen LogP contribution < -0.4 is 5.32 Å². The number of nitrogens with one attached hydrogen (secondary N) is 1. The molecule has 1 aliphatic rings. The molecule has 0 atom stereocenters. The van der Waals surface area contributed by atoms with E-state index in [2.05, 4.69) is 15.4 Å². The van der Waals surface area contributed by atoms with Crippen molar-refractivity contribution in [2.75, 3.05) is 5.32 Å². The number of hydrogen-bond donors (Lipinski definition) is 1. The third-order valence-electron chi connectivity index (χ3n) is 4.97. The number of anilines is 1. The molecule has 1 aliphatic carbocycles. The van der Waals surface area contributed by atoms with Crippen LogP contribution in [0.4, 0.5) is 18.9 Å². The van der Waals surface area contributed by atoms with Gasteiger partial charge >= 0.3 is 6.18 Å². The summed E-state index contributed by atoms with van der Waals surface area (Å²) in [5.74, 6) is -0.307. The maximum atomic E-state index is 13.4. The van der Waals surface area contributed by atoms with Crippen LogP contribution in [0.1, 0.15) is 45.7 Å². The molecule has 8 heteroatoms. The molecule has 0 aliphatic heterocycles. The third-order valence-corrected chi connectivity index (χ3v) is 4.97. The Morgan fingerprint density at radius 1 is 1.14 bits per heavy atom. The summed E-state index contributed by atoms with van der Waals surface area (Å²) in [5, 5.41) is 6.63. The van der Waals surface area contributed by atoms with Gasteiger partial charge < -0.3 is 5.32 Å². The Kier molecular flexibility index (Phi) is 5.08. The number of fused-ring (bicyclic) bond motifs is 1. The monoisotopic (exact) mass is 400 g/mol. The summed E-state index contributed by atoms with van der Waals surface area (Å²) >= 11 is 0. The van der Waals surface area contributed by atoms with Crippen LogP contribution in [0.5, 0.6) is 0 Å². The normalized spacial score (nSPS) is 13.8. The molecule has 1 amide bonds. The predicted octanol–water partition coefficient (Wildman–Crippen LogP) is 4.48. The molecule has 3 aromatic rings. The quantitative estimate of drug-likeness (QED) is 0.703. The molecular weight excluding hydrogens is 381 g/mol. The van der Waals surface area contributed by atoms with Crippen LogP contribution in [-0.2, 0) is 25.6 Å². The first kappa shape index (κ1) is 19.2. The number of aromatic nitrogens is 3. The minimum absolute atomic E-state index is 0.187. The molecule has 2 heterocycles. The van der Waals surface area contributed by atoms with Gasteiger partial charge in [-0.2, -0.15) is 18.3 Å². The highest BCUT2D eigenvalue weighted by Crippen LogP contribution is 2.36. The van der Waals surface area contributed by atoms with E-state index in [-0.39, 0.29) is 12.5 Å². The highest BCUT2D eigenvalue weighted by Gasteiger charge is 2.39. The molecule has 0 unspecified atom stereocenters. The number of rotatable bonds is 4. The van der Waals surface area contributed by atoms with Gasteiger partial charge in [0, 0.05) is 23.0 Å². The second-order valence-electron chi connectivity index (χ2n) is 7.03. The van der Waals surface area contributed by atoms with E-state index >= 15 is 0 Å². The highest BCUT2D eigenvalue weighted by atomic mass is 19.4. The molecular formula is C21H19F3N4O. The standard InChI is InChI=1S/C21H19F3N4O/c22-21(23,24)19-17-8-1-2-9-18(17)28(27-19)13-14-5-3-6-15(11-14)20(29)26-16-7-4-10-25-12-16/h3-7,10-12H,1-2,8-9,13H2,(H,26,29). The number of carbonyl (C=O) groups is 1. The Hall–Kier alpha value is -3.16. The van der Waals surface area contributed by atoms with Gasteiger partial charge in [0.1, 0.15) is 0 Å². The van der Waals surface area contributed by atoms with Crippen molar-refractivity contribution < 1.29 is 18.0 Å². The van der Waals surface area contributed by atoms with Gasteiger partial charge in [0.25, 0.3) is 5.91 Å².